The maximum absolute atomic E-state index is 14.5. The fraction of sp³-hybridized carbons (Fsp3) is 0.185. The molecule has 34 heavy (non-hydrogen) atoms. The molecule has 4 aromatic rings. The van der Waals surface area contributed by atoms with E-state index in [0.29, 0.717) is 47.9 Å². The molecular weight excluding hydrogens is 441 g/mol. The van der Waals surface area contributed by atoms with Gasteiger partial charge in [0.1, 0.15) is 11.6 Å². The van der Waals surface area contributed by atoms with Gasteiger partial charge in [0, 0.05) is 28.1 Å². The van der Waals surface area contributed by atoms with Crippen molar-refractivity contribution < 1.29 is 22.7 Å². The molecule has 0 aliphatic carbocycles. The van der Waals surface area contributed by atoms with Crippen molar-refractivity contribution in [3.8, 4) is 16.9 Å². The molecule has 1 aliphatic heterocycles. The standard InChI is InChI=1S/C27H21F3N2O2/c1-2-16-18-7-5-8-19(21-12-15(28)13-22(29)25(21)30)26(18)31-14-23(16)32-27(33)20-10-11-34-24-9-4-3-6-17(20)24/h3-9,12-14,20H,2,10-11H2,1H3,(H,32,33)/t20-/m0/s1. The van der Waals surface area contributed by atoms with E-state index in [0.717, 1.165) is 17.2 Å². The molecule has 1 aliphatic rings. The maximum Gasteiger partial charge on any atom is 0.232 e. The van der Waals surface area contributed by atoms with Crippen molar-refractivity contribution in [1.29, 1.82) is 0 Å². The Morgan fingerprint density at radius 3 is 2.74 bits per heavy atom. The first-order chi connectivity index (χ1) is 16.5. The van der Waals surface area contributed by atoms with Crippen LogP contribution in [0.3, 0.4) is 0 Å². The Morgan fingerprint density at radius 2 is 1.91 bits per heavy atom. The van der Waals surface area contributed by atoms with Gasteiger partial charge in [-0.1, -0.05) is 43.3 Å². The number of hydrogen-bond acceptors (Lipinski definition) is 3. The largest absolute Gasteiger partial charge is 0.493 e. The fourth-order valence-electron chi connectivity index (χ4n) is 4.57. The van der Waals surface area contributed by atoms with E-state index in [2.05, 4.69) is 10.3 Å². The SMILES string of the molecule is CCc1c(NC(=O)[C@H]2CCOc3ccccc32)cnc2c(-c3cc(F)cc(F)c3F)cccc12. The molecule has 1 N–H and O–H groups in total. The minimum Gasteiger partial charge on any atom is -0.493 e. The third-order valence-electron chi connectivity index (χ3n) is 6.18. The Balaban J connectivity index is 1.56. The Labute approximate surface area is 194 Å². The first kappa shape index (κ1) is 21.9. The average Bonchev–Trinajstić information content (AvgIpc) is 2.85. The van der Waals surface area contributed by atoms with Gasteiger partial charge in [0.25, 0.3) is 0 Å². The smallest absolute Gasteiger partial charge is 0.232 e. The molecule has 0 radical (unpaired) electrons. The zero-order valence-corrected chi connectivity index (χ0v) is 18.4. The molecule has 0 saturated heterocycles. The van der Waals surface area contributed by atoms with Crippen LogP contribution in [0.2, 0.25) is 0 Å². The van der Waals surface area contributed by atoms with E-state index in [9.17, 15) is 18.0 Å². The molecule has 7 heteroatoms. The van der Waals surface area contributed by atoms with Crippen molar-refractivity contribution in [3.63, 3.8) is 0 Å². The van der Waals surface area contributed by atoms with E-state index >= 15 is 0 Å². The number of amides is 1. The van der Waals surface area contributed by atoms with Gasteiger partial charge in [0.05, 0.1) is 29.9 Å². The number of carbonyl (C=O) groups is 1. The number of nitrogens with one attached hydrogen (secondary N) is 1. The molecule has 172 valence electrons. The first-order valence-corrected chi connectivity index (χ1v) is 11.1. The molecule has 0 bridgehead atoms. The van der Waals surface area contributed by atoms with E-state index in [1.807, 2.05) is 31.2 Å². The van der Waals surface area contributed by atoms with Gasteiger partial charge in [0.2, 0.25) is 5.91 Å². The lowest BCUT2D eigenvalue weighted by Crippen LogP contribution is -2.27. The number of rotatable bonds is 4. The van der Waals surface area contributed by atoms with Gasteiger partial charge in [0.15, 0.2) is 11.6 Å². The number of fused-ring (bicyclic) bond motifs is 2. The molecule has 1 amide bonds. The number of anilines is 1. The predicted molar refractivity (Wildman–Crippen MR) is 124 cm³/mol. The summed E-state index contributed by atoms with van der Waals surface area (Å²) in [6, 6.07) is 14.0. The number of pyridine rings is 1. The van der Waals surface area contributed by atoms with Crippen LogP contribution < -0.4 is 10.1 Å². The minimum absolute atomic E-state index is 0.166. The fourth-order valence-corrected chi connectivity index (χ4v) is 4.57. The molecule has 0 unspecified atom stereocenters. The highest BCUT2D eigenvalue weighted by atomic mass is 19.2. The van der Waals surface area contributed by atoms with E-state index in [1.165, 1.54) is 6.20 Å². The van der Waals surface area contributed by atoms with Crippen LogP contribution in [-0.2, 0) is 11.2 Å². The molecule has 3 aromatic carbocycles. The van der Waals surface area contributed by atoms with Crippen LogP contribution in [0.1, 0.15) is 30.4 Å². The summed E-state index contributed by atoms with van der Waals surface area (Å²) in [5.74, 6) is -3.09. The molecule has 0 fully saturated rings. The van der Waals surface area contributed by atoms with E-state index < -0.39 is 17.5 Å². The van der Waals surface area contributed by atoms with Crippen LogP contribution in [0.5, 0.6) is 5.75 Å². The van der Waals surface area contributed by atoms with Crippen molar-refractivity contribution in [2.24, 2.45) is 0 Å². The lowest BCUT2D eigenvalue weighted by atomic mass is 9.92. The summed E-state index contributed by atoms with van der Waals surface area (Å²) in [7, 11) is 0. The Hall–Kier alpha value is -3.87. The Bertz CT molecular complexity index is 1420. The number of hydrogen-bond donors (Lipinski definition) is 1. The normalized spacial score (nSPS) is 15.0. The van der Waals surface area contributed by atoms with E-state index in [4.69, 9.17) is 4.74 Å². The second-order valence-corrected chi connectivity index (χ2v) is 8.17. The summed E-state index contributed by atoms with van der Waals surface area (Å²) in [4.78, 5) is 17.7. The van der Waals surface area contributed by atoms with Gasteiger partial charge in [-0.25, -0.2) is 13.2 Å². The highest BCUT2D eigenvalue weighted by Gasteiger charge is 2.28. The van der Waals surface area contributed by atoms with Crippen LogP contribution in [0.15, 0.2) is 60.8 Å². The quantitative estimate of drug-likeness (QED) is 0.358. The predicted octanol–water partition coefficient (Wildman–Crippen LogP) is 6.39. The summed E-state index contributed by atoms with van der Waals surface area (Å²) in [5.41, 5.74) is 2.67. The summed E-state index contributed by atoms with van der Waals surface area (Å²) < 4.78 is 47.9. The zero-order valence-electron chi connectivity index (χ0n) is 18.4. The third kappa shape index (κ3) is 3.77. The van der Waals surface area contributed by atoms with Crippen LogP contribution in [0.25, 0.3) is 22.0 Å². The molecule has 2 heterocycles. The van der Waals surface area contributed by atoms with Crippen molar-refractivity contribution >= 4 is 22.5 Å². The summed E-state index contributed by atoms with van der Waals surface area (Å²) in [6.07, 6.45) is 2.63. The zero-order chi connectivity index (χ0) is 23.8. The topological polar surface area (TPSA) is 51.2 Å². The third-order valence-corrected chi connectivity index (χ3v) is 6.18. The number of carbonyl (C=O) groups excluding carboxylic acids is 1. The number of aromatic nitrogens is 1. The molecule has 5 rings (SSSR count). The van der Waals surface area contributed by atoms with Crippen molar-refractivity contribution in [2.45, 2.75) is 25.7 Å². The lowest BCUT2D eigenvalue weighted by molar-refractivity contribution is -0.118. The number of halogens is 3. The summed E-state index contributed by atoms with van der Waals surface area (Å²) in [5, 5.41) is 3.68. The number of para-hydroxylation sites is 2. The van der Waals surface area contributed by atoms with Crippen molar-refractivity contribution in [2.75, 3.05) is 11.9 Å². The lowest BCUT2D eigenvalue weighted by Gasteiger charge is -2.25. The number of benzene rings is 3. The van der Waals surface area contributed by atoms with Crippen LogP contribution >= 0.6 is 0 Å². The van der Waals surface area contributed by atoms with Crippen LogP contribution in [0.4, 0.5) is 18.9 Å². The average molecular weight is 462 g/mol. The van der Waals surface area contributed by atoms with Gasteiger partial charge in [-0.15, -0.1) is 0 Å². The summed E-state index contributed by atoms with van der Waals surface area (Å²) >= 11 is 0. The van der Waals surface area contributed by atoms with Gasteiger partial charge in [-0.05, 0) is 30.5 Å². The van der Waals surface area contributed by atoms with Crippen LogP contribution in [0, 0.1) is 17.5 Å². The van der Waals surface area contributed by atoms with Gasteiger partial charge >= 0.3 is 0 Å². The monoisotopic (exact) mass is 462 g/mol. The minimum atomic E-state index is -1.26. The summed E-state index contributed by atoms with van der Waals surface area (Å²) in [6.45, 7) is 2.38. The van der Waals surface area contributed by atoms with Crippen molar-refractivity contribution in [3.05, 3.63) is 89.4 Å². The molecule has 1 atom stereocenters. The number of nitrogens with zero attached hydrogens (tertiary/aromatic N) is 1. The van der Waals surface area contributed by atoms with Crippen LogP contribution in [-0.4, -0.2) is 17.5 Å². The molecular formula is C27H21F3N2O2. The molecule has 0 saturated carbocycles. The molecule has 0 spiro atoms. The van der Waals surface area contributed by atoms with Gasteiger partial charge in [-0.2, -0.15) is 0 Å². The second-order valence-electron chi connectivity index (χ2n) is 8.17. The van der Waals surface area contributed by atoms with Gasteiger partial charge in [-0.3, -0.25) is 9.78 Å². The first-order valence-electron chi connectivity index (χ1n) is 11.1. The van der Waals surface area contributed by atoms with E-state index in [1.54, 1.807) is 18.2 Å². The van der Waals surface area contributed by atoms with Crippen molar-refractivity contribution in [1.82, 2.24) is 4.98 Å². The highest BCUT2D eigenvalue weighted by Crippen LogP contribution is 2.37. The molecule has 1 aromatic heterocycles. The Kier molecular flexibility index (Phi) is 5.69. The Morgan fingerprint density at radius 1 is 1.09 bits per heavy atom. The molecule has 4 nitrogen and oxygen atoms in total. The van der Waals surface area contributed by atoms with E-state index in [-0.39, 0.29) is 23.0 Å². The second kappa shape index (κ2) is 8.82. The number of ether oxygens (including phenoxy) is 1. The highest BCUT2D eigenvalue weighted by molar-refractivity contribution is 6.02. The van der Waals surface area contributed by atoms with Gasteiger partial charge < -0.3 is 10.1 Å². The number of aryl methyl sites for hydroxylation is 1. The maximum atomic E-state index is 14.5.